The maximum absolute atomic E-state index is 15.2. The number of amides is 4. The molecule has 4 amide bonds. The Morgan fingerprint density at radius 2 is 1.66 bits per heavy atom. The summed E-state index contributed by atoms with van der Waals surface area (Å²) >= 11 is 19.5. The summed E-state index contributed by atoms with van der Waals surface area (Å²) in [7, 11) is 1.54. The molecule has 2 aliphatic carbocycles. The van der Waals surface area contributed by atoms with Gasteiger partial charge < -0.3 is 9.84 Å². The molecule has 12 heteroatoms. The number of hydrazine groups is 1. The first-order chi connectivity index (χ1) is 22.5. The molecule has 2 N–H and O–H groups in total. The van der Waals surface area contributed by atoms with E-state index in [1.54, 1.807) is 49.4 Å². The highest BCUT2D eigenvalue weighted by Crippen LogP contribution is 2.64. The fourth-order valence-corrected chi connectivity index (χ4v) is 9.05. The van der Waals surface area contributed by atoms with Gasteiger partial charge in [-0.3, -0.25) is 29.5 Å². The van der Waals surface area contributed by atoms with Gasteiger partial charge in [0.05, 0.1) is 41.0 Å². The number of imide groups is 2. The fourth-order valence-electron chi connectivity index (χ4n) is 8.31. The Balaban J connectivity index is 1.48. The second-order valence-electron chi connectivity index (χ2n) is 12.3. The Hall–Kier alpha value is -4.05. The summed E-state index contributed by atoms with van der Waals surface area (Å²) < 4.78 is 5.42. The molecular weight excluding hydrogens is 665 g/mol. The minimum Gasteiger partial charge on any atom is -0.508 e. The quantitative estimate of drug-likeness (QED) is 0.228. The zero-order chi connectivity index (χ0) is 33.4. The van der Waals surface area contributed by atoms with E-state index in [0.717, 1.165) is 10.6 Å². The molecule has 0 aromatic heterocycles. The van der Waals surface area contributed by atoms with Crippen LogP contribution in [-0.4, -0.2) is 52.3 Å². The lowest BCUT2D eigenvalue weighted by Crippen LogP contribution is -2.53. The lowest BCUT2D eigenvalue weighted by Gasteiger charge is -2.50. The van der Waals surface area contributed by atoms with E-state index in [1.165, 1.54) is 30.2 Å². The van der Waals surface area contributed by atoms with E-state index < -0.39 is 46.8 Å². The molecule has 9 nitrogen and oxygen atoms in total. The lowest BCUT2D eigenvalue weighted by molar-refractivity contribution is -0.141. The van der Waals surface area contributed by atoms with Crippen molar-refractivity contribution in [3.05, 3.63) is 98.5 Å². The van der Waals surface area contributed by atoms with Crippen molar-refractivity contribution < 1.29 is 29.0 Å². The Bertz CT molecular complexity index is 1880. The number of ether oxygens (including phenoxy) is 1. The van der Waals surface area contributed by atoms with Gasteiger partial charge in [0.25, 0.3) is 11.8 Å². The number of hydrogen-bond acceptors (Lipinski definition) is 7. The summed E-state index contributed by atoms with van der Waals surface area (Å²) in [6.45, 7) is 2.01. The summed E-state index contributed by atoms with van der Waals surface area (Å²) in [4.78, 5) is 58.3. The van der Waals surface area contributed by atoms with Crippen LogP contribution in [0.1, 0.15) is 36.8 Å². The number of aromatic hydroxyl groups is 1. The Kier molecular flexibility index (Phi) is 7.77. The Morgan fingerprint density at radius 1 is 0.915 bits per heavy atom. The lowest BCUT2D eigenvalue weighted by atomic mass is 9.49. The van der Waals surface area contributed by atoms with Gasteiger partial charge in [0.1, 0.15) is 11.5 Å². The number of fused-ring (bicyclic) bond motifs is 4. The van der Waals surface area contributed by atoms with Gasteiger partial charge in [-0.05, 0) is 79.3 Å². The average Bonchev–Trinajstić information content (AvgIpc) is 3.43. The van der Waals surface area contributed by atoms with Gasteiger partial charge in [-0.25, -0.2) is 0 Å². The number of methoxy groups -OCH3 is 1. The van der Waals surface area contributed by atoms with Gasteiger partial charge in [-0.1, -0.05) is 64.7 Å². The van der Waals surface area contributed by atoms with Crippen LogP contribution < -0.4 is 10.2 Å². The number of phenolic OH excluding ortho intramolecular Hbond substituents is 1. The molecule has 1 saturated carbocycles. The number of benzene rings is 3. The fraction of sp³-hybridized carbons (Fsp3) is 0.314. The van der Waals surface area contributed by atoms with Crippen LogP contribution in [0, 0.1) is 23.7 Å². The number of phenols is 1. The van der Waals surface area contributed by atoms with E-state index in [1.807, 2.05) is 6.08 Å². The number of nitrogens with one attached hydrogen (secondary N) is 1. The molecule has 47 heavy (non-hydrogen) atoms. The number of hydrogen-bond donors (Lipinski definition) is 2. The van der Waals surface area contributed by atoms with Crippen LogP contribution in [0.2, 0.25) is 15.1 Å². The van der Waals surface area contributed by atoms with Crippen molar-refractivity contribution in [1.82, 2.24) is 9.91 Å². The summed E-state index contributed by atoms with van der Waals surface area (Å²) in [5.41, 5.74) is 3.54. The summed E-state index contributed by atoms with van der Waals surface area (Å²) in [6, 6.07) is 16.2. The predicted molar refractivity (Wildman–Crippen MR) is 176 cm³/mol. The number of halogens is 3. The molecular formula is C35H30Cl3N3O6. The molecule has 242 valence electrons. The Morgan fingerprint density at radius 3 is 2.32 bits per heavy atom. The van der Waals surface area contributed by atoms with Crippen molar-refractivity contribution in [2.24, 2.45) is 23.7 Å². The minimum absolute atomic E-state index is 0.0662. The maximum atomic E-state index is 15.2. The number of anilines is 1. The van der Waals surface area contributed by atoms with Crippen molar-refractivity contribution in [2.45, 2.75) is 31.1 Å². The molecule has 0 unspecified atom stereocenters. The van der Waals surface area contributed by atoms with Gasteiger partial charge in [-0.2, -0.15) is 5.01 Å². The van der Waals surface area contributed by atoms with E-state index >= 15 is 4.79 Å². The zero-order valence-electron chi connectivity index (χ0n) is 25.4. The van der Waals surface area contributed by atoms with Crippen LogP contribution in [0.15, 0.2) is 72.3 Å². The molecule has 3 aromatic carbocycles. The van der Waals surface area contributed by atoms with Crippen molar-refractivity contribution in [3.8, 4) is 11.5 Å². The molecule has 4 aliphatic rings. The summed E-state index contributed by atoms with van der Waals surface area (Å²) in [5, 5.41) is 12.1. The third-order valence-electron chi connectivity index (χ3n) is 10.3. The second kappa shape index (κ2) is 11.6. The van der Waals surface area contributed by atoms with E-state index in [4.69, 9.17) is 39.5 Å². The van der Waals surface area contributed by atoms with Gasteiger partial charge in [0.2, 0.25) is 11.8 Å². The van der Waals surface area contributed by atoms with Gasteiger partial charge in [0, 0.05) is 22.5 Å². The number of allylic oxidation sites excluding steroid dienone is 2. The topological polar surface area (TPSA) is 116 Å². The van der Waals surface area contributed by atoms with E-state index in [2.05, 4.69) is 5.43 Å². The molecule has 3 fully saturated rings. The van der Waals surface area contributed by atoms with Crippen LogP contribution in [0.4, 0.5) is 5.69 Å². The normalized spacial score (nSPS) is 28.2. The molecule has 2 saturated heterocycles. The molecule has 6 atom stereocenters. The van der Waals surface area contributed by atoms with E-state index in [0.29, 0.717) is 34.0 Å². The van der Waals surface area contributed by atoms with E-state index in [-0.39, 0.29) is 40.6 Å². The first kappa shape index (κ1) is 31.5. The maximum Gasteiger partial charge on any atom is 0.260 e. The molecule has 2 aliphatic heterocycles. The van der Waals surface area contributed by atoms with Crippen molar-refractivity contribution in [3.63, 3.8) is 0 Å². The summed E-state index contributed by atoms with van der Waals surface area (Å²) in [6.07, 6.45) is 2.39. The average molecular weight is 695 g/mol. The minimum atomic E-state index is -1.54. The van der Waals surface area contributed by atoms with Gasteiger partial charge in [0.15, 0.2) is 0 Å². The Labute approximate surface area is 286 Å². The predicted octanol–water partition coefficient (Wildman–Crippen LogP) is 6.37. The van der Waals surface area contributed by atoms with Crippen LogP contribution in [-0.2, 0) is 24.6 Å². The molecule has 2 heterocycles. The van der Waals surface area contributed by atoms with Gasteiger partial charge >= 0.3 is 0 Å². The van der Waals surface area contributed by atoms with Crippen molar-refractivity contribution in [1.29, 1.82) is 0 Å². The van der Waals surface area contributed by atoms with Crippen LogP contribution in [0.3, 0.4) is 0 Å². The van der Waals surface area contributed by atoms with Crippen LogP contribution >= 0.6 is 34.8 Å². The monoisotopic (exact) mass is 693 g/mol. The zero-order valence-corrected chi connectivity index (χ0v) is 27.6. The van der Waals surface area contributed by atoms with E-state index in [9.17, 15) is 19.5 Å². The standard InChI is InChI=1S/C35H30Cl3N3O6/c1-3-40-31(43)23-12-11-21-24(29(23)33(40)45)16-25-32(44)41(39-28-13-6-18(36)14-27(28)38)34(46)35(25,17-4-8-20(47-2)9-5-17)30(21)22-10-7-19(42)15-26(22)37/h4-11,13-15,23-25,29-30,39,42H,3,12,16H2,1-2H3/t23-,24+,25-,29-,30+,35+/m0/s1. The highest BCUT2D eigenvalue weighted by Gasteiger charge is 2.70. The first-order valence-electron chi connectivity index (χ1n) is 15.3. The third-order valence-corrected chi connectivity index (χ3v) is 11.2. The van der Waals surface area contributed by atoms with Gasteiger partial charge in [-0.15, -0.1) is 0 Å². The van der Waals surface area contributed by atoms with Crippen LogP contribution in [0.25, 0.3) is 0 Å². The molecule has 0 spiro atoms. The number of carbonyl (C=O) groups is 4. The molecule has 3 aromatic rings. The molecule has 7 rings (SSSR count). The number of likely N-dealkylation sites (tertiary alicyclic amines) is 1. The number of nitrogens with zero attached hydrogens (tertiary/aromatic N) is 2. The smallest absolute Gasteiger partial charge is 0.260 e. The molecule has 0 radical (unpaired) electrons. The van der Waals surface area contributed by atoms with Crippen molar-refractivity contribution in [2.75, 3.05) is 19.1 Å². The highest BCUT2D eigenvalue weighted by atomic mass is 35.5. The second-order valence-corrected chi connectivity index (χ2v) is 13.6. The third kappa shape index (κ3) is 4.58. The number of carbonyl (C=O) groups excluding carboxylic acids is 4. The van der Waals surface area contributed by atoms with Crippen molar-refractivity contribution >= 4 is 64.1 Å². The SMILES string of the molecule is CCN1C(=O)[C@H]2[C@H](CC=C3[C@H]2C[C@H]2C(=O)N(Nc4ccc(Cl)cc4Cl)C(=O)[C@@]2(c2ccc(OC)cc2)[C@H]3c2ccc(O)cc2Cl)C1=O. The summed E-state index contributed by atoms with van der Waals surface area (Å²) in [5.74, 6) is -4.64. The number of rotatable bonds is 6. The highest BCUT2D eigenvalue weighted by molar-refractivity contribution is 6.36. The first-order valence-corrected chi connectivity index (χ1v) is 16.4. The molecule has 0 bridgehead atoms. The van der Waals surface area contributed by atoms with Crippen LogP contribution in [0.5, 0.6) is 11.5 Å². The largest absolute Gasteiger partial charge is 0.508 e.